The van der Waals surface area contributed by atoms with Crippen LogP contribution in [0.4, 0.5) is 5.69 Å². The number of anilines is 1. The molecule has 1 fully saturated rings. The van der Waals surface area contributed by atoms with E-state index in [1.165, 1.54) is 6.20 Å². The van der Waals surface area contributed by atoms with Crippen molar-refractivity contribution in [3.05, 3.63) is 18.0 Å². The number of piperidine rings is 1. The Morgan fingerprint density at radius 1 is 1.48 bits per heavy atom. The van der Waals surface area contributed by atoms with E-state index in [0.717, 1.165) is 24.8 Å². The number of nitrogens with zero attached hydrogens (tertiary/aromatic N) is 4. The molecule has 1 atom stereocenters. The Kier molecular flexibility index (Phi) is 3.50. The van der Waals surface area contributed by atoms with Gasteiger partial charge in [0.1, 0.15) is 5.56 Å². The van der Waals surface area contributed by atoms with Gasteiger partial charge in [0.05, 0.1) is 17.3 Å². The number of pyridine rings is 1. The molecule has 7 nitrogen and oxygen atoms in total. The van der Waals surface area contributed by atoms with Gasteiger partial charge in [0.2, 0.25) is 0 Å². The molecule has 2 aromatic heterocycles. The largest absolute Gasteiger partial charge is 0.478 e. The molecule has 2 aromatic rings. The Bertz CT molecular complexity index is 682. The third-order valence-electron chi connectivity index (χ3n) is 4.06. The van der Waals surface area contributed by atoms with Crippen LogP contribution in [0, 0.1) is 5.92 Å². The van der Waals surface area contributed by atoms with Gasteiger partial charge in [-0.2, -0.15) is 5.10 Å². The van der Waals surface area contributed by atoms with Crippen molar-refractivity contribution < 1.29 is 15.0 Å². The molecule has 0 aromatic carbocycles. The standard InChI is InChI=1S/C14H18N4O3/c1-17-13-10(6-16-17)12(11(5-15-13)14(20)21)18-4-2-3-9(7-18)8-19/h5-6,9,19H,2-4,7-8H2,1H3,(H,20,21). The van der Waals surface area contributed by atoms with E-state index in [9.17, 15) is 15.0 Å². The maximum atomic E-state index is 11.5. The van der Waals surface area contributed by atoms with Gasteiger partial charge in [-0.25, -0.2) is 9.78 Å². The lowest BCUT2D eigenvalue weighted by atomic mass is 9.97. The summed E-state index contributed by atoms with van der Waals surface area (Å²) in [5.41, 5.74) is 1.52. The average molecular weight is 290 g/mol. The Morgan fingerprint density at radius 3 is 3.00 bits per heavy atom. The first-order valence-electron chi connectivity index (χ1n) is 7.01. The summed E-state index contributed by atoms with van der Waals surface area (Å²) in [5, 5.41) is 23.7. The molecule has 0 radical (unpaired) electrons. The molecule has 1 aliphatic rings. The molecule has 7 heteroatoms. The lowest BCUT2D eigenvalue weighted by molar-refractivity contribution is 0.0697. The molecule has 1 aliphatic heterocycles. The topological polar surface area (TPSA) is 91.5 Å². The van der Waals surface area contributed by atoms with Gasteiger partial charge in [0, 0.05) is 32.9 Å². The van der Waals surface area contributed by atoms with Crippen LogP contribution in [0.3, 0.4) is 0 Å². The number of aliphatic hydroxyl groups is 1. The van der Waals surface area contributed by atoms with Crippen molar-refractivity contribution >= 4 is 22.7 Å². The summed E-state index contributed by atoms with van der Waals surface area (Å²) in [6.45, 7) is 1.57. The first-order chi connectivity index (χ1) is 10.1. The number of hydrogen-bond donors (Lipinski definition) is 2. The van der Waals surface area contributed by atoms with Gasteiger partial charge >= 0.3 is 5.97 Å². The zero-order chi connectivity index (χ0) is 15.0. The summed E-state index contributed by atoms with van der Waals surface area (Å²) in [6.07, 6.45) is 4.96. The number of aliphatic hydroxyl groups excluding tert-OH is 1. The molecule has 0 saturated carbocycles. The number of fused-ring (bicyclic) bond motifs is 1. The molecule has 0 amide bonds. The van der Waals surface area contributed by atoms with E-state index in [-0.39, 0.29) is 18.1 Å². The molecule has 21 heavy (non-hydrogen) atoms. The molecular weight excluding hydrogens is 272 g/mol. The Hall–Kier alpha value is -2.15. The summed E-state index contributed by atoms with van der Waals surface area (Å²) in [5.74, 6) is -0.811. The zero-order valence-electron chi connectivity index (χ0n) is 11.9. The van der Waals surface area contributed by atoms with Gasteiger partial charge in [-0.05, 0) is 18.8 Å². The van der Waals surface area contributed by atoms with Crippen LogP contribution in [0.1, 0.15) is 23.2 Å². The molecular formula is C14H18N4O3. The molecule has 0 spiro atoms. The summed E-state index contributed by atoms with van der Waals surface area (Å²) < 4.78 is 1.64. The smallest absolute Gasteiger partial charge is 0.339 e. The highest BCUT2D eigenvalue weighted by molar-refractivity contribution is 6.03. The summed E-state index contributed by atoms with van der Waals surface area (Å²) >= 11 is 0. The lowest BCUT2D eigenvalue weighted by Gasteiger charge is -2.34. The van der Waals surface area contributed by atoms with Crippen molar-refractivity contribution in [2.75, 3.05) is 24.6 Å². The van der Waals surface area contributed by atoms with Gasteiger partial charge in [-0.3, -0.25) is 4.68 Å². The van der Waals surface area contributed by atoms with Crippen molar-refractivity contribution in [1.29, 1.82) is 0 Å². The highest BCUT2D eigenvalue weighted by atomic mass is 16.4. The third kappa shape index (κ3) is 2.33. The van der Waals surface area contributed by atoms with E-state index < -0.39 is 5.97 Å². The second kappa shape index (κ2) is 5.33. The summed E-state index contributed by atoms with van der Waals surface area (Å²) in [6, 6.07) is 0. The molecule has 0 bridgehead atoms. The number of carboxylic acid groups (broad SMARTS) is 1. The SMILES string of the molecule is Cn1ncc2c(N3CCCC(CO)C3)c(C(=O)O)cnc21. The van der Waals surface area contributed by atoms with Gasteiger partial charge in [-0.1, -0.05) is 0 Å². The molecule has 2 N–H and O–H groups in total. The minimum absolute atomic E-state index is 0.125. The monoisotopic (exact) mass is 290 g/mol. The van der Waals surface area contributed by atoms with Crippen molar-refractivity contribution in [2.45, 2.75) is 12.8 Å². The van der Waals surface area contributed by atoms with Crippen LogP contribution in [0.5, 0.6) is 0 Å². The van der Waals surface area contributed by atoms with Crippen molar-refractivity contribution in [1.82, 2.24) is 14.8 Å². The maximum absolute atomic E-state index is 11.5. The fraction of sp³-hybridized carbons (Fsp3) is 0.500. The lowest BCUT2D eigenvalue weighted by Crippen LogP contribution is -2.37. The minimum Gasteiger partial charge on any atom is -0.478 e. The van der Waals surface area contributed by atoms with Crippen molar-refractivity contribution in [2.24, 2.45) is 13.0 Å². The molecule has 1 unspecified atom stereocenters. The van der Waals surface area contributed by atoms with E-state index in [4.69, 9.17) is 0 Å². The molecule has 3 rings (SSSR count). The number of carboxylic acids is 1. The van der Waals surface area contributed by atoms with E-state index in [1.807, 2.05) is 4.90 Å². The molecule has 112 valence electrons. The highest BCUT2D eigenvalue weighted by Gasteiger charge is 2.26. The second-order valence-electron chi connectivity index (χ2n) is 5.47. The zero-order valence-corrected chi connectivity index (χ0v) is 11.9. The Labute approximate surface area is 121 Å². The second-order valence-corrected chi connectivity index (χ2v) is 5.47. The third-order valence-corrected chi connectivity index (χ3v) is 4.06. The van der Waals surface area contributed by atoms with Crippen LogP contribution >= 0.6 is 0 Å². The van der Waals surface area contributed by atoms with Crippen molar-refractivity contribution in [3.8, 4) is 0 Å². The fourth-order valence-corrected chi connectivity index (χ4v) is 3.00. The molecule has 3 heterocycles. The van der Waals surface area contributed by atoms with Gasteiger partial charge in [-0.15, -0.1) is 0 Å². The first-order valence-corrected chi connectivity index (χ1v) is 7.01. The predicted octanol–water partition coefficient (Wildman–Crippen LogP) is 0.875. The van der Waals surface area contributed by atoms with Crippen LogP contribution in [-0.2, 0) is 7.05 Å². The van der Waals surface area contributed by atoms with E-state index in [2.05, 4.69) is 10.1 Å². The highest BCUT2D eigenvalue weighted by Crippen LogP contribution is 2.32. The van der Waals surface area contributed by atoms with E-state index in [1.54, 1.807) is 17.9 Å². The normalized spacial score (nSPS) is 19.1. The van der Waals surface area contributed by atoms with Gasteiger partial charge in [0.25, 0.3) is 0 Å². The number of aromatic nitrogens is 3. The number of rotatable bonds is 3. The number of aromatic carboxylic acids is 1. The quantitative estimate of drug-likeness (QED) is 0.871. The van der Waals surface area contributed by atoms with E-state index in [0.29, 0.717) is 17.9 Å². The minimum atomic E-state index is -0.991. The average Bonchev–Trinajstić information content (AvgIpc) is 2.88. The maximum Gasteiger partial charge on any atom is 0.339 e. The van der Waals surface area contributed by atoms with Crippen LogP contribution in [0.15, 0.2) is 12.4 Å². The van der Waals surface area contributed by atoms with E-state index >= 15 is 0 Å². The van der Waals surface area contributed by atoms with Crippen LogP contribution in [-0.4, -0.2) is 50.6 Å². The number of aryl methyl sites for hydroxylation is 1. The van der Waals surface area contributed by atoms with Crippen LogP contribution in [0.2, 0.25) is 0 Å². The van der Waals surface area contributed by atoms with Gasteiger partial charge < -0.3 is 15.1 Å². The number of carbonyl (C=O) groups is 1. The van der Waals surface area contributed by atoms with Gasteiger partial charge in [0.15, 0.2) is 5.65 Å². The number of hydrogen-bond acceptors (Lipinski definition) is 5. The summed E-state index contributed by atoms with van der Waals surface area (Å²) in [4.78, 5) is 17.8. The fourth-order valence-electron chi connectivity index (χ4n) is 3.00. The predicted molar refractivity (Wildman–Crippen MR) is 77.5 cm³/mol. The first kappa shape index (κ1) is 13.8. The molecule has 1 saturated heterocycles. The van der Waals surface area contributed by atoms with Crippen molar-refractivity contribution in [3.63, 3.8) is 0 Å². The Morgan fingerprint density at radius 2 is 2.29 bits per heavy atom. The summed E-state index contributed by atoms with van der Waals surface area (Å²) in [7, 11) is 1.78. The van der Waals surface area contributed by atoms with Crippen LogP contribution < -0.4 is 4.90 Å². The van der Waals surface area contributed by atoms with Crippen LogP contribution in [0.25, 0.3) is 11.0 Å². The molecule has 0 aliphatic carbocycles. The Balaban J connectivity index is 2.14.